The third-order valence-corrected chi connectivity index (χ3v) is 11.8. The molecule has 6 rings (SSSR count). The fourth-order valence-electron chi connectivity index (χ4n) is 9.82. The predicted octanol–water partition coefficient (Wildman–Crippen LogP) is 3.73. The lowest BCUT2D eigenvalue weighted by molar-refractivity contribution is -0.389. The first-order chi connectivity index (χ1) is 24.8. The third-order valence-electron chi connectivity index (χ3n) is 11.8. The zero-order valence-electron chi connectivity index (χ0n) is 30.8. The number of carbonyl (C=O) groups excluding carboxylic acids is 5. The molecule has 53 heavy (non-hydrogen) atoms. The van der Waals surface area contributed by atoms with E-state index in [9.17, 15) is 34.2 Å². The van der Waals surface area contributed by atoms with Gasteiger partial charge in [-0.15, -0.1) is 0 Å². The number of rotatable bonds is 8. The van der Waals surface area contributed by atoms with E-state index in [0.29, 0.717) is 0 Å². The molecule has 0 amide bonds. The lowest BCUT2D eigenvalue weighted by Crippen LogP contribution is -2.80. The molecule has 2 N–H and O–H groups in total. The first-order valence-corrected chi connectivity index (χ1v) is 17.7. The van der Waals surface area contributed by atoms with Gasteiger partial charge in [-0.25, -0.2) is 9.59 Å². The number of hydrogen-bond donors (Lipinski definition) is 2. The monoisotopic (exact) mass is 734 g/mol. The summed E-state index contributed by atoms with van der Waals surface area (Å²) >= 11 is 0. The summed E-state index contributed by atoms with van der Waals surface area (Å²) in [7, 11) is 0. The molecule has 13 heteroatoms. The summed E-state index contributed by atoms with van der Waals surface area (Å²) in [5, 5.41) is 26.6. The van der Waals surface area contributed by atoms with E-state index < -0.39 is 106 Å². The number of fused-ring (bicyclic) bond motifs is 3. The summed E-state index contributed by atoms with van der Waals surface area (Å²) in [6.45, 7) is 13.8. The highest BCUT2D eigenvalue weighted by Crippen LogP contribution is 2.71. The van der Waals surface area contributed by atoms with Gasteiger partial charge in [0.05, 0.1) is 22.6 Å². The molecule has 2 aromatic rings. The largest absolute Gasteiger partial charge is 0.459 e. The molecule has 1 spiro atoms. The second-order valence-electron chi connectivity index (χ2n) is 15.1. The van der Waals surface area contributed by atoms with E-state index in [4.69, 9.17) is 28.4 Å². The van der Waals surface area contributed by atoms with E-state index in [2.05, 4.69) is 6.58 Å². The Morgan fingerprint density at radius 3 is 1.66 bits per heavy atom. The molecule has 4 aliphatic rings. The van der Waals surface area contributed by atoms with Gasteiger partial charge < -0.3 is 38.6 Å². The smallest absolute Gasteiger partial charge is 0.338 e. The Balaban J connectivity index is 1.63. The molecule has 13 unspecified atom stereocenters. The highest BCUT2D eigenvalue weighted by molar-refractivity contribution is 5.90. The molecule has 2 aromatic carbocycles. The van der Waals surface area contributed by atoms with Crippen molar-refractivity contribution in [2.24, 2.45) is 23.7 Å². The highest BCUT2D eigenvalue weighted by Gasteiger charge is 2.88. The fourth-order valence-corrected chi connectivity index (χ4v) is 9.82. The van der Waals surface area contributed by atoms with Crippen LogP contribution in [0, 0.1) is 23.7 Å². The second-order valence-corrected chi connectivity index (χ2v) is 15.1. The Labute approximate surface area is 307 Å². The standard InChI is InChI=1S/C40H46O13/c1-20(2)38(46)31(51-34(44)26-15-11-9-12-16-26)22(4)39(47)28-19-21(3)30(48-23(5)41)40(28)36(52-35(45)27-17-13-10-14-18-27)37(8,53-40)32(49-24(6)42)29(39)33(38)50-25(7)43/h9-18,21-22,28-33,36,46-47H,1,19H2,2-8H3. The van der Waals surface area contributed by atoms with Gasteiger partial charge in [0.2, 0.25) is 0 Å². The van der Waals surface area contributed by atoms with Gasteiger partial charge in [-0.3, -0.25) is 14.4 Å². The van der Waals surface area contributed by atoms with E-state index in [1.54, 1.807) is 62.4 Å². The average Bonchev–Trinajstić information content (AvgIpc) is 3.33. The molecule has 2 heterocycles. The molecular weight excluding hydrogens is 688 g/mol. The number of carbonyl (C=O) groups is 5. The van der Waals surface area contributed by atoms with Crippen LogP contribution in [0.2, 0.25) is 0 Å². The van der Waals surface area contributed by atoms with Crippen LogP contribution in [0.3, 0.4) is 0 Å². The Hall–Kier alpha value is -4.59. The molecule has 0 radical (unpaired) electrons. The summed E-state index contributed by atoms with van der Waals surface area (Å²) in [6, 6.07) is 16.2. The number of aliphatic hydroxyl groups is 2. The summed E-state index contributed by atoms with van der Waals surface area (Å²) in [4.78, 5) is 66.4. The van der Waals surface area contributed by atoms with Crippen molar-refractivity contribution in [2.75, 3.05) is 0 Å². The fraction of sp³-hybridized carbons (Fsp3) is 0.525. The highest BCUT2D eigenvalue weighted by atomic mass is 16.7. The van der Waals surface area contributed by atoms with Gasteiger partial charge in [-0.1, -0.05) is 56.8 Å². The zero-order valence-corrected chi connectivity index (χ0v) is 30.8. The van der Waals surface area contributed by atoms with E-state index in [1.165, 1.54) is 32.9 Å². The minimum atomic E-state index is -2.38. The third kappa shape index (κ3) is 5.66. The quantitative estimate of drug-likeness (QED) is 0.228. The van der Waals surface area contributed by atoms with Crippen LogP contribution in [0.1, 0.15) is 75.6 Å². The van der Waals surface area contributed by atoms with Gasteiger partial charge in [0.15, 0.2) is 17.3 Å². The van der Waals surface area contributed by atoms with Gasteiger partial charge >= 0.3 is 29.8 Å². The van der Waals surface area contributed by atoms with Gasteiger partial charge in [0.25, 0.3) is 0 Å². The Morgan fingerprint density at radius 1 is 0.698 bits per heavy atom. The molecular formula is C40H46O13. The van der Waals surface area contributed by atoms with Gasteiger partial charge in [-0.05, 0) is 56.0 Å². The van der Waals surface area contributed by atoms with Crippen molar-refractivity contribution in [2.45, 2.75) is 108 Å². The van der Waals surface area contributed by atoms with Crippen LogP contribution in [-0.2, 0) is 42.8 Å². The molecule has 2 aliphatic carbocycles. The molecule has 2 saturated heterocycles. The first kappa shape index (κ1) is 38.1. The van der Waals surface area contributed by atoms with Crippen LogP contribution in [0.4, 0.5) is 0 Å². The van der Waals surface area contributed by atoms with E-state index >= 15 is 0 Å². The van der Waals surface area contributed by atoms with Crippen molar-refractivity contribution in [1.29, 1.82) is 0 Å². The molecule has 13 atom stereocenters. The molecule has 4 fully saturated rings. The van der Waals surface area contributed by atoms with Crippen molar-refractivity contribution < 1.29 is 62.6 Å². The van der Waals surface area contributed by atoms with Crippen LogP contribution in [0.15, 0.2) is 72.8 Å². The molecule has 2 aliphatic heterocycles. The van der Waals surface area contributed by atoms with Crippen LogP contribution in [0.5, 0.6) is 0 Å². The summed E-state index contributed by atoms with van der Waals surface area (Å²) in [6.07, 6.45) is -7.32. The van der Waals surface area contributed by atoms with E-state index in [-0.39, 0.29) is 23.1 Å². The molecule has 2 bridgehead atoms. The van der Waals surface area contributed by atoms with Crippen molar-refractivity contribution in [3.8, 4) is 0 Å². The molecule has 13 nitrogen and oxygen atoms in total. The van der Waals surface area contributed by atoms with Crippen molar-refractivity contribution in [3.05, 3.63) is 83.9 Å². The normalized spacial score (nSPS) is 39.5. The van der Waals surface area contributed by atoms with Gasteiger partial charge in [-0.2, -0.15) is 0 Å². The van der Waals surface area contributed by atoms with Crippen LogP contribution in [-0.4, -0.2) is 93.0 Å². The minimum absolute atomic E-state index is 0.0205. The Kier molecular flexibility index (Phi) is 9.62. The van der Waals surface area contributed by atoms with Crippen molar-refractivity contribution in [3.63, 3.8) is 0 Å². The summed E-state index contributed by atoms with van der Waals surface area (Å²) in [5.41, 5.74) is -7.77. The molecule has 0 aromatic heterocycles. The van der Waals surface area contributed by atoms with Crippen LogP contribution in [0.25, 0.3) is 0 Å². The Bertz CT molecular complexity index is 1810. The average molecular weight is 735 g/mol. The van der Waals surface area contributed by atoms with E-state index in [1.807, 2.05) is 0 Å². The lowest BCUT2D eigenvalue weighted by Gasteiger charge is -2.62. The lowest BCUT2D eigenvalue weighted by atomic mass is 9.52. The predicted molar refractivity (Wildman–Crippen MR) is 185 cm³/mol. The summed E-state index contributed by atoms with van der Waals surface area (Å²) in [5.74, 6) is -8.34. The number of ether oxygens (including phenoxy) is 6. The van der Waals surface area contributed by atoms with Crippen LogP contribution < -0.4 is 0 Å². The maximum Gasteiger partial charge on any atom is 0.338 e. The van der Waals surface area contributed by atoms with Crippen LogP contribution >= 0.6 is 0 Å². The number of esters is 5. The maximum absolute atomic E-state index is 13.9. The maximum atomic E-state index is 13.9. The first-order valence-electron chi connectivity index (χ1n) is 17.7. The van der Waals surface area contributed by atoms with Crippen molar-refractivity contribution >= 4 is 29.8 Å². The minimum Gasteiger partial charge on any atom is -0.459 e. The van der Waals surface area contributed by atoms with Gasteiger partial charge in [0, 0.05) is 32.6 Å². The number of benzene rings is 2. The summed E-state index contributed by atoms with van der Waals surface area (Å²) < 4.78 is 37.2. The van der Waals surface area contributed by atoms with E-state index in [0.717, 1.165) is 13.8 Å². The second kappa shape index (κ2) is 13.4. The molecule has 284 valence electrons. The topological polar surface area (TPSA) is 181 Å². The Morgan fingerprint density at radius 2 is 1.17 bits per heavy atom. The molecule has 2 saturated carbocycles. The number of hydrogen-bond acceptors (Lipinski definition) is 13. The van der Waals surface area contributed by atoms with Gasteiger partial charge in [0.1, 0.15) is 30.0 Å². The SMILES string of the molecule is C=C(C)C1(O)C(OC(=O)c2ccccc2)C(C)C2(O)C(C(OC(C)=O)C3(C)OC4(C(OC(C)=O)C(C)CC24)C3OC(=O)c2ccccc2)C1OC(C)=O. The zero-order chi connectivity index (χ0) is 38.8. The van der Waals surface area contributed by atoms with Crippen molar-refractivity contribution in [1.82, 2.24) is 0 Å².